The van der Waals surface area contributed by atoms with Crippen molar-refractivity contribution >= 4 is 31.9 Å². The lowest BCUT2D eigenvalue weighted by atomic mass is 10.0. The van der Waals surface area contributed by atoms with Gasteiger partial charge in [-0.1, -0.05) is 51.8 Å². The quantitative estimate of drug-likeness (QED) is 0.697. The van der Waals surface area contributed by atoms with E-state index < -0.39 is 0 Å². The standard InChI is InChI=1S/C16H21Br2N3/c1-3-7-19-16(12-10-20-21(11-12)8-4-2)14-6-5-13(17)9-15(14)18/h5-6,9-11,16,19H,3-4,7-8H2,1-2H3. The van der Waals surface area contributed by atoms with Crippen molar-refractivity contribution in [3.63, 3.8) is 0 Å². The van der Waals surface area contributed by atoms with Crippen molar-refractivity contribution in [1.82, 2.24) is 15.1 Å². The van der Waals surface area contributed by atoms with E-state index >= 15 is 0 Å². The molecule has 0 saturated carbocycles. The fraction of sp³-hybridized carbons (Fsp3) is 0.438. The van der Waals surface area contributed by atoms with Crippen LogP contribution < -0.4 is 5.32 Å². The Hall–Kier alpha value is -0.650. The van der Waals surface area contributed by atoms with Crippen molar-refractivity contribution in [3.8, 4) is 0 Å². The lowest BCUT2D eigenvalue weighted by molar-refractivity contribution is 0.587. The molecule has 1 unspecified atom stereocenters. The first-order valence-corrected chi connectivity index (χ1v) is 8.95. The molecule has 1 aromatic heterocycles. The van der Waals surface area contributed by atoms with Gasteiger partial charge in [-0.25, -0.2) is 0 Å². The van der Waals surface area contributed by atoms with E-state index in [1.807, 2.05) is 10.9 Å². The molecule has 0 radical (unpaired) electrons. The van der Waals surface area contributed by atoms with E-state index in [0.29, 0.717) is 0 Å². The van der Waals surface area contributed by atoms with E-state index in [0.717, 1.165) is 34.9 Å². The summed E-state index contributed by atoms with van der Waals surface area (Å²) in [6, 6.07) is 6.49. The van der Waals surface area contributed by atoms with Crippen LogP contribution in [0.25, 0.3) is 0 Å². The van der Waals surface area contributed by atoms with Gasteiger partial charge in [0.25, 0.3) is 0 Å². The van der Waals surface area contributed by atoms with E-state index in [9.17, 15) is 0 Å². The zero-order chi connectivity index (χ0) is 15.2. The average molecular weight is 415 g/mol. The van der Waals surface area contributed by atoms with Crippen molar-refractivity contribution in [3.05, 3.63) is 50.7 Å². The van der Waals surface area contributed by atoms with Crippen LogP contribution in [0.2, 0.25) is 0 Å². The van der Waals surface area contributed by atoms with Crippen molar-refractivity contribution < 1.29 is 0 Å². The molecule has 0 saturated heterocycles. The first kappa shape index (κ1) is 16.7. The zero-order valence-corrected chi connectivity index (χ0v) is 15.6. The van der Waals surface area contributed by atoms with Crippen molar-refractivity contribution in [2.75, 3.05) is 6.54 Å². The maximum absolute atomic E-state index is 4.46. The minimum Gasteiger partial charge on any atom is -0.306 e. The van der Waals surface area contributed by atoms with Crippen molar-refractivity contribution in [1.29, 1.82) is 0 Å². The number of nitrogens with one attached hydrogen (secondary N) is 1. The molecule has 0 spiro atoms. The Kier molecular flexibility index (Phi) is 6.45. The van der Waals surface area contributed by atoms with Gasteiger partial charge in [0.1, 0.15) is 0 Å². The van der Waals surface area contributed by atoms with Gasteiger partial charge >= 0.3 is 0 Å². The van der Waals surface area contributed by atoms with Crippen LogP contribution in [0.4, 0.5) is 0 Å². The molecule has 0 aliphatic rings. The van der Waals surface area contributed by atoms with Gasteiger partial charge in [-0.3, -0.25) is 4.68 Å². The topological polar surface area (TPSA) is 29.9 Å². The Balaban J connectivity index is 2.32. The maximum Gasteiger partial charge on any atom is 0.0619 e. The van der Waals surface area contributed by atoms with Gasteiger partial charge in [0.05, 0.1) is 12.2 Å². The van der Waals surface area contributed by atoms with Crippen molar-refractivity contribution in [2.45, 2.75) is 39.3 Å². The predicted octanol–water partition coefficient (Wildman–Crippen LogP) is 4.91. The zero-order valence-electron chi connectivity index (χ0n) is 12.4. The molecule has 0 aliphatic heterocycles. The minimum absolute atomic E-state index is 0.165. The van der Waals surface area contributed by atoms with Gasteiger partial charge in [0, 0.05) is 27.3 Å². The third-order valence-corrected chi connectivity index (χ3v) is 4.49. The third kappa shape index (κ3) is 4.41. The summed E-state index contributed by atoms with van der Waals surface area (Å²) in [4.78, 5) is 0. The summed E-state index contributed by atoms with van der Waals surface area (Å²) in [7, 11) is 0. The van der Waals surface area contributed by atoms with Crippen LogP contribution in [0.3, 0.4) is 0 Å². The molecule has 0 fully saturated rings. The van der Waals surface area contributed by atoms with E-state index in [2.05, 4.69) is 80.5 Å². The van der Waals surface area contributed by atoms with Crippen LogP contribution in [0.1, 0.15) is 43.9 Å². The molecular weight excluding hydrogens is 394 g/mol. The summed E-state index contributed by atoms with van der Waals surface area (Å²) < 4.78 is 4.20. The highest BCUT2D eigenvalue weighted by Gasteiger charge is 2.18. The lowest BCUT2D eigenvalue weighted by Crippen LogP contribution is -2.23. The molecule has 21 heavy (non-hydrogen) atoms. The number of nitrogens with zero attached hydrogens (tertiary/aromatic N) is 2. The summed E-state index contributed by atoms with van der Waals surface area (Å²) in [5.74, 6) is 0. The number of hydrogen-bond donors (Lipinski definition) is 1. The van der Waals surface area contributed by atoms with E-state index in [4.69, 9.17) is 0 Å². The Morgan fingerprint density at radius 2 is 2.05 bits per heavy atom. The van der Waals surface area contributed by atoms with E-state index in [1.165, 1.54) is 11.1 Å². The summed E-state index contributed by atoms with van der Waals surface area (Å²) in [5, 5.41) is 8.08. The molecule has 2 rings (SSSR count). The SMILES string of the molecule is CCCNC(c1cnn(CCC)c1)c1ccc(Br)cc1Br. The van der Waals surface area contributed by atoms with E-state index in [1.54, 1.807) is 0 Å². The third-order valence-electron chi connectivity index (χ3n) is 3.31. The molecule has 114 valence electrons. The summed E-state index contributed by atoms with van der Waals surface area (Å²) in [6.45, 7) is 6.29. The lowest BCUT2D eigenvalue weighted by Gasteiger charge is -2.19. The smallest absolute Gasteiger partial charge is 0.0619 e. The first-order valence-electron chi connectivity index (χ1n) is 7.36. The first-order chi connectivity index (χ1) is 10.2. The van der Waals surface area contributed by atoms with Crippen molar-refractivity contribution in [2.24, 2.45) is 0 Å². The molecule has 0 bridgehead atoms. The molecule has 0 amide bonds. The largest absolute Gasteiger partial charge is 0.306 e. The highest BCUT2D eigenvalue weighted by Crippen LogP contribution is 2.30. The highest BCUT2D eigenvalue weighted by atomic mass is 79.9. The molecule has 0 aliphatic carbocycles. The van der Waals surface area contributed by atoms with Crippen LogP contribution in [0.5, 0.6) is 0 Å². The number of hydrogen-bond acceptors (Lipinski definition) is 2. The maximum atomic E-state index is 4.46. The molecule has 1 aromatic carbocycles. The van der Waals surface area contributed by atoms with Gasteiger partial charge in [-0.2, -0.15) is 5.10 Å². The molecule has 2 aromatic rings. The number of benzene rings is 1. The fourth-order valence-corrected chi connectivity index (χ4v) is 3.59. The molecule has 1 N–H and O–H groups in total. The Bertz CT molecular complexity index is 581. The number of rotatable bonds is 7. The fourth-order valence-electron chi connectivity index (χ4n) is 2.31. The predicted molar refractivity (Wildman–Crippen MR) is 94.5 cm³/mol. The number of aryl methyl sites for hydroxylation is 1. The van der Waals surface area contributed by atoms with Gasteiger partial charge in [0.2, 0.25) is 0 Å². The van der Waals surface area contributed by atoms with Gasteiger partial charge < -0.3 is 5.32 Å². The molecule has 1 atom stereocenters. The van der Waals surface area contributed by atoms with Crippen LogP contribution in [0, 0.1) is 0 Å². The second kappa shape index (κ2) is 8.11. The molecular formula is C16H21Br2N3. The molecule has 3 nitrogen and oxygen atoms in total. The second-order valence-electron chi connectivity index (χ2n) is 5.09. The normalized spacial score (nSPS) is 12.6. The van der Waals surface area contributed by atoms with Crippen LogP contribution >= 0.6 is 31.9 Å². The Labute approximate surface area is 143 Å². The number of aromatic nitrogens is 2. The summed E-state index contributed by atoms with van der Waals surface area (Å²) >= 11 is 7.19. The van der Waals surface area contributed by atoms with Gasteiger partial charge in [-0.05, 0) is 37.1 Å². The van der Waals surface area contributed by atoms with Gasteiger partial charge in [0.15, 0.2) is 0 Å². The molecule has 1 heterocycles. The van der Waals surface area contributed by atoms with Crippen LogP contribution in [-0.4, -0.2) is 16.3 Å². The summed E-state index contributed by atoms with van der Waals surface area (Å²) in [6.07, 6.45) is 6.31. The Morgan fingerprint density at radius 3 is 2.71 bits per heavy atom. The molecule has 5 heteroatoms. The minimum atomic E-state index is 0.165. The highest BCUT2D eigenvalue weighted by molar-refractivity contribution is 9.11. The Morgan fingerprint density at radius 1 is 1.24 bits per heavy atom. The summed E-state index contributed by atoms with van der Waals surface area (Å²) in [5.41, 5.74) is 2.45. The van der Waals surface area contributed by atoms with Crippen LogP contribution in [0.15, 0.2) is 39.5 Å². The average Bonchev–Trinajstić information content (AvgIpc) is 2.90. The van der Waals surface area contributed by atoms with Gasteiger partial charge in [-0.15, -0.1) is 0 Å². The van der Waals surface area contributed by atoms with Crippen LogP contribution in [-0.2, 0) is 6.54 Å². The number of halogens is 2. The second-order valence-corrected chi connectivity index (χ2v) is 6.86. The monoisotopic (exact) mass is 413 g/mol. The van der Waals surface area contributed by atoms with E-state index in [-0.39, 0.29) is 6.04 Å².